The average molecular weight is 306 g/mol. The predicted molar refractivity (Wildman–Crippen MR) is 78.5 cm³/mol. The lowest BCUT2D eigenvalue weighted by Crippen LogP contribution is -2.11. The first kappa shape index (κ1) is 12.9. The van der Waals surface area contributed by atoms with E-state index in [9.17, 15) is 13.5 Å². The Kier molecular flexibility index (Phi) is 3.07. The molecular weight excluding hydrogens is 296 g/mol. The Morgan fingerprint density at radius 2 is 2.00 bits per heavy atom. The average Bonchev–Trinajstić information content (AvgIpc) is 2.94. The van der Waals surface area contributed by atoms with Crippen LogP contribution in [-0.4, -0.2) is 18.5 Å². The van der Waals surface area contributed by atoms with Crippen molar-refractivity contribution in [3.63, 3.8) is 0 Å². The topological polar surface area (TPSA) is 79.3 Å². The van der Waals surface area contributed by atoms with Gasteiger partial charge in [0.15, 0.2) is 0 Å². The highest BCUT2D eigenvalue weighted by atomic mass is 32.2. The first-order chi connectivity index (χ1) is 9.58. The fraction of sp³-hybridized carbons (Fsp3) is 0. The zero-order valence-electron chi connectivity index (χ0n) is 10.1. The van der Waals surface area contributed by atoms with Gasteiger partial charge in [-0.3, -0.25) is 9.71 Å². The van der Waals surface area contributed by atoms with E-state index < -0.39 is 10.0 Å². The van der Waals surface area contributed by atoms with Gasteiger partial charge in [-0.1, -0.05) is 18.2 Å². The third kappa shape index (κ3) is 2.21. The fourth-order valence-electron chi connectivity index (χ4n) is 1.86. The van der Waals surface area contributed by atoms with E-state index in [2.05, 4.69) is 9.71 Å². The summed E-state index contributed by atoms with van der Waals surface area (Å²) in [6.07, 6.45) is 1.45. The first-order valence-electron chi connectivity index (χ1n) is 5.71. The van der Waals surface area contributed by atoms with Gasteiger partial charge in [0.25, 0.3) is 10.0 Å². The first-order valence-corrected chi connectivity index (χ1v) is 8.07. The molecule has 0 aliphatic rings. The number of aromatic nitrogens is 1. The lowest BCUT2D eigenvalue weighted by Gasteiger charge is -2.09. The van der Waals surface area contributed by atoms with E-state index in [1.165, 1.54) is 18.3 Å². The van der Waals surface area contributed by atoms with E-state index in [4.69, 9.17) is 0 Å². The fourth-order valence-corrected chi connectivity index (χ4v) is 3.93. The lowest BCUT2D eigenvalue weighted by molar-refractivity contribution is 0.480. The second kappa shape index (κ2) is 4.77. The van der Waals surface area contributed by atoms with E-state index >= 15 is 0 Å². The Hall–Kier alpha value is -2.12. The minimum atomic E-state index is -3.62. The van der Waals surface area contributed by atoms with Crippen LogP contribution in [-0.2, 0) is 10.0 Å². The number of rotatable bonds is 3. The maximum Gasteiger partial charge on any atom is 0.271 e. The number of aromatic hydroxyl groups is 1. The third-order valence-electron chi connectivity index (χ3n) is 2.75. The number of benzene rings is 1. The molecule has 0 spiro atoms. The zero-order chi connectivity index (χ0) is 14.2. The van der Waals surface area contributed by atoms with Crippen molar-refractivity contribution in [3.05, 3.63) is 48.0 Å². The number of phenolic OH excluding ortho intramolecular Hbond substituents is 1. The Morgan fingerprint density at radius 1 is 1.15 bits per heavy atom. The quantitative estimate of drug-likeness (QED) is 0.780. The van der Waals surface area contributed by atoms with Gasteiger partial charge < -0.3 is 5.11 Å². The number of nitrogens with zero attached hydrogens (tertiary/aromatic N) is 1. The molecule has 0 amide bonds. The number of pyridine rings is 1. The molecule has 0 saturated carbocycles. The molecule has 102 valence electrons. The minimum absolute atomic E-state index is 0.0136. The normalized spacial score (nSPS) is 11.6. The molecule has 20 heavy (non-hydrogen) atoms. The molecule has 7 heteroatoms. The number of hydrogen-bond donors (Lipinski definition) is 2. The summed E-state index contributed by atoms with van der Waals surface area (Å²) in [5.74, 6) is 0.0136. The van der Waals surface area contributed by atoms with E-state index in [-0.39, 0.29) is 9.96 Å². The number of nitrogens with one attached hydrogen (secondary N) is 1. The molecule has 2 aromatic heterocycles. The predicted octanol–water partition coefficient (Wildman–Crippen LogP) is 2.80. The summed E-state index contributed by atoms with van der Waals surface area (Å²) in [6, 6.07) is 9.62. The molecule has 0 fully saturated rings. The van der Waals surface area contributed by atoms with Crippen LogP contribution in [0.2, 0.25) is 0 Å². The monoisotopic (exact) mass is 306 g/mol. The summed E-state index contributed by atoms with van der Waals surface area (Å²) in [6.45, 7) is 0. The van der Waals surface area contributed by atoms with Crippen LogP contribution in [0.5, 0.6) is 5.75 Å². The van der Waals surface area contributed by atoms with Crippen LogP contribution >= 0.6 is 11.3 Å². The maximum absolute atomic E-state index is 12.2. The molecule has 0 aliphatic heterocycles. The van der Waals surface area contributed by atoms with Crippen LogP contribution in [0.4, 0.5) is 5.69 Å². The van der Waals surface area contributed by atoms with Gasteiger partial charge in [0.05, 0.1) is 5.69 Å². The van der Waals surface area contributed by atoms with Crippen LogP contribution in [0.3, 0.4) is 0 Å². The van der Waals surface area contributed by atoms with Crippen molar-refractivity contribution in [3.8, 4) is 5.75 Å². The summed E-state index contributed by atoms with van der Waals surface area (Å²) < 4.78 is 27.2. The largest absolute Gasteiger partial charge is 0.506 e. The number of sulfonamides is 1. The van der Waals surface area contributed by atoms with Crippen LogP contribution in [0.15, 0.2) is 52.2 Å². The Labute approximate surface area is 119 Å². The zero-order valence-corrected chi connectivity index (χ0v) is 11.8. The summed E-state index contributed by atoms with van der Waals surface area (Å²) in [5.41, 5.74) is 0.748. The molecule has 0 unspecified atom stereocenters. The smallest absolute Gasteiger partial charge is 0.271 e. The van der Waals surface area contributed by atoms with Gasteiger partial charge in [0.2, 0.25) is 0 Å². The number of para-hydroxylation sites is 1. The van der Waals surface area contributed by atoms with Crippen molar-refractivity contribution in [2.45, 2.75) is 4.21 Å². The van der Waals surface area contributed by atoms with Crippen LogP contribution in [0.1, 0.15) is 0 Å². The number of hydrogen-bond acceptors (Lipinski definition) is 5. The van der Waals surface area contributed by atoms with Gasteiger partial charge in [-0.05, 0) is 23.6 Å². The SMILES string of the molecule is O=S(=O)(Nc1ccnc2c(O)cccc12)c1cccs1. The summed E-state index contributed by atoms with van der Waals surface area (Å²) in [7, 11) is -3.62. The summed E-state index contributed by atoms with van der Waals surface area (Å²) >= 11 is 1.14. The molecular formula is C13H10N2O3S2. The van der Waals surface area contributed by atoms with Crippen molar-refractivity contribution in [2.24, 2.45) is 0 Å². The molecule has 1 aromatic carbocycles. The standard InChI is InChI=1S/C13H10N2O3S2/c16-11-4-1-3-9-10(6-7-14-13(9)11)15-20(17,18)12-5-2-8-19-12/h1-8,16H,(H,14,15). The molecule has 3 rings (SSSR count). The van der Waals surface area contributed by atoms with Gasteiger partial charge in [-0.15, -0.1) is 11.3 Å². The van der Waals surface area contributed by atoms with E-state index in [1.807, 2.05) is 0 Å². The van der Waals surface area contributed by atoms with Gasteiger partial charge in [-0.25, -0.2) is 8.42 Å². The second-order valence-corrected chi connectivity index (χ2v) is 6.93. The Bertz CT molecular complexity index is 858. The molecule has 5 nitrogen and oxygen atoms in total. The van der Waals surface area contributed by atoms with Gasteiger partial charge >= 0.3 is 0 Å². The van der Waals surface area contributed by atoms with Gasteiger partial charge in [0.1, 0.15) is 15.5 Å². The van der Waals surface area contributed by atoms with Crippen LogP contribution in [0, 0.1) is 0 Å². The molecule has 2 N–H and O–H groups in total. The number of fused-ring (bicyclic) bond motifs is 1. The number of phenols is 1. The van der Waals surface area contributed by atoms with Crippen molar-refractivity contribution in [1.82, 2.24) is 4.98 Å². The van der Waals surface area contributed by atoms with Crippen molar-refractivity contribution >= 4 is 38.0 Å². The summed E-state index contributed by atoms with van der Waals surface area (Å²) in [5, 5.41) is 12.0. The molecule has 0 radical (unpaired) electrons. The lowest BCUT2D eigenvalue weighted by atomic mass is 10.2. The number of anilines is 1. The third-order valence-corrected chi connectivity index (χ3v) is 5.52. The van der Waals surface area contributed by atoms with E-state index in [0.717, 1.165) is 11.3 Å². The highest BCUT2D eigenvalue weighted by Gasteiger charge is 2.17. The molecule has 0 atom stereocenters. The molecule has 0 bridgehead atoms. The molecule has 2 heterocycles. The Balaban J connectivity index is 2.11. The van der Waals surface area contributed by atoms with Crippen molar-refractivity contribution in [2.75, 3.05) is 4.72 Å². The highest BCUT2D eigenvalue weighted by molar-refractivity contribution is 7.94. The van der Waals surface area contributed by atoms with Gasteiger partial charge in [0, 0.05) is 11.6 Å². The van der Waals surface area contributed by atoms with Crippen LogP contribution < -0.4 is 4.72 Å². The second-order valence-electron chi connectivity index (χ2n) is 4.07. The maximum atomic E-state index is 12.2. The molecule has 0 aliphatic carbocycles. The highest BCUT2D eigenvalue weighted by Crippen LogP contribution is 2.29. The van der Waals surface area contributed by atoms with E-state index in [1.54, 1.807) is 29.6 Å². The molecule has 0 saturated heterocycles. The molecule has 3 aromatic rings. The van der Waals surface area contributed by atoms with Crippen molar-refractivity contribution in [1.29, 1.82) is 0 Å². The summed E-state index contributed by atoms with van der Waals surface area (Å²) in [4.78, 5) is 4.05. The van der Waals surface area contributed by atoms with Crippen molar-refractivity contribution < 1.29 is 13.5 Å². The minimum Gasteiger partial charge on any atom is -0.506 e. The van der Waals surface area contributed by atoms with Crippen LogP contribution in [0.25, 0.3) is 10.9 Å². The number of thiophene rings is 1. The van der Waals surface area contributed by atoms with E-state index in [0.29, 0.717) is 16.6 Å². The van der Waals surface area contributed by atoms with Gasteiger partial charge in [-0.2, -0.15) is 0 Å². The Morgan fingerprint density at radius 3 is 2.75 bits per heavy atom.